The third-order valence-electron chi connectivity index (χ3n) is 3.68. The quantitative estimate of drug-likeness (QED) is 0.541. The van der Waals surface area contributed by atoms with Gasteiger partial charge in [-0.15, -0.1) is 11.3 Å². The van der Waals surface area contributed by atoms with Crippen LogP contribution in [-0.2, 0) is 26.2 Å². The third kappa shape index (κ3) is 5.62. The van der Waals surface area contributed by atoms with Crippen LogP contribution in [0.1, 0.15) is 12.1 Å². The molecule has 0 bridgehead atoms. The molecule has 0 unspecified atom stereocenters. The number of carbonyl (C=O) groups is 1. The van der Waals surface area contributed by atoms with Crippen molar-refractivity contribution in [2.45, 2.75) is 17.9 Å². The molecule has 146 valence electrons. The fraction of sp³-hybridized carbons (Fsp3) is 0.158. The minimum absolute atomic E-state index is 0.0449. The summed E-state index contributed by atoms with van der Waals surface area (Å²) in [4.78, 5) is 16.3. The Balaban J connectivity index is 1.46. The van der Waals surface area contributed by atoms with Gasteiger partial charge in [0, 0.05) is 22.5 Å². The molecule has 0 aliphatic rings. The van der Waals surface area contributed by atoms with Gasteiger partial charge in [0.15, 0.2) is 0 Å². The zero-order valence-corrected chi connectivity index (χ0v) is 17.1. The molecular formula is C19H17ClN2O4S2. The highest BCUT2D eigenvalue weighted by molar-refractivity contribution is 7.89. The number of ether oxygens (including phenoxy) is 1. The van der Waals surface area contributed by atoms with Crippen molar-refractivity contribution in [1.29, 1.82) is 0 Å². The molecule has 1 aromatic heterocycles. The molecule has 28 heavy (non-hydrogen) atoms. The summed E-state index contributed by atoms with van der Waals surface area (Å²) in [6.45, 7) is -0.0246. The normalized spacial score (nSPS) is 11.3. The van der Waals surface area contributed by atoms with Gasteiger partial charge in [0.25, 0.3) is 0 Å². The Morgan fingerprint density at radius 2 is 1.93 bits per heavy atom. The van der Waals surface area contributed by atoms with Gasteiger partial charge >= 0.3 is 5.97 Å². The van der Waals surface area contributed by atoms with E-state index in [-0.39, 0.29) is 24.5 Å². The number of aromatic nitrogens is 1. The number of sulfonamides is 1. The number of thiazole rings is 1. The first-order chi connectivity index (χ1) is 13.4. The molecule has 0 aliphatic heterocycles. The maximum Gasteiger partial charge on any atom is 0.307 e. The topological polar surface area (TPSA) is 85.4 Å². The average Bonchev–Trinajstić information content (AvgIpc) is 3.16. The lowest BCUT2D eigenvalue weighted by Gasteiger charge is -2.07. The molecule has 0 fully saturated rings. The van der Waals surface area contributed by atoms with Gasteiger partial charge in [-0.25, -0.2) is 18.1 Å². The summed E-state index contributed by atoms with van der Waals surface area (Å²) in [5.74, 6) is -0.511. The van der Waals surface area contributed by atoms with Crippen molar-refractivity contribution in [2.24, 2.45) is 0 Å². The van der Waals surface area contributed by atoms with Crippen LogP contribution in [0.5, 0.6) is 0 Å². The van der Waals surface area contributed by atoms with Crippen LogP contribution in [0.3, 0.4) is 0 Å². The van der Waals surface area contributed by atoms with Crippen LogP contribution in [0.15, 0.2) is 64.9 Å². The summed E-state index contributed by atoms with van der Waals surface area (Å²) in [6.07, 6.45) is -0.0878. The van der Waals surface area contributed by atoms with E-state index in [9.17, 15) is 13.2 Å². The highest BCUT2D eigenvalue weighted by atomic mass is 35.5. The Morgan fingerprint density at radius 1 is 1.14 bits per heavy atom. The summed E-state index contributed by atoms with van der Waals surface area (Å²) in [5, 5.41) is 3.00. The highest BCUT2D eigenvalue weighted by Crippen LogP contribution is 2.23. The number of hydrogen-bond acceptors (Lipinski definition) is 6. The lowest BCUT2D eigenvalue weighted by molar-refractivity contribution is -0.144. The molecule has 0 saturated heterocycles. The molecule has 0 amide bonds. The monoisotopic (exact) mass is 436 g/mol. The van der Waals surface area contributed by atoms with E-state index >= 15 is 0 Å². The minimum Gasteiger partial charge on any atom is -0.459 e. The highest BCUT2D eigenvalue weighted by Gasteiger charge is 2.15. The van der Waals surface area contributed by atoms with Crippen molar-refractivity contribution >= 4 is 38.9 Å². The molecule has 3 rings (SSSR count). The number of carbonyl (C=O) groups excluding carboxylic acids is 1. The number of nitrogens with one attached hydrogen (secondary N) is 1. The van der Waals surface area contributed by atoms with Crippen LogP contribution in [0.4, 0.5) is 0 Å². The van der Waals surface area contributed by atoms with Crippen molar-refractivity contribution in [1.82, 2.24) is 9.71 Å². The Bertz CT molecular complexity index is 1050. The van der Waals surface area contributed by atoms with Crippen molar-refractivity contribution in [3.05, 3.63) is 70.7 Å². The average molecular weight is 437 g/mol. The molecule has 0 spiro atoms. The summed E-state index contributed by atoms with van der Waals surface area (Å²) in [6, 6.07) is 15.6. The minimum atomic E-state index is -3.73. The molecular weight excluding hydrogens is 420 g/mol. The number of nitrogens with zero attached hydrogens (tertiary/aromatic N) is 1. The smallest absolute Gasteiger partial charge is 0.307 e. The predicted octanol–water partition coefficient (Wildman–Crippen LogP) is 3.88. The van der Waals surface area contributed by atoms with E-state index in [0.717, 1.165) is 10.6 Å². The largest absolute Gasteiger partial charge is 0.459 e. The predicted molar refractivity (Wildman–Crippen MR) is 109 cm³/mol. The molecule has 0 saturated carbocycles. The van der Waals surface area contributed by atoms with Crippen molar-refractivity contribution in [2.75, 3.05) is 6.54 Å². The Morgan fingerprint density at radius 3 is 2.68 bits per heavy atom. The number of halogens is 1. The van der Waals surface area contributed by atoms with E-state index in [1.54, 1.807) is 12.1 Å². The number of hydrogen-bond donors (Lipinski definition) is 1. The molecule has 1 N–H and O–H groups in total. The Kier molecular flexibility index (Phi) is 6.79. The van der Waals surface area contributed by atoms with Crippen LogP contribution in [0, 0.1) is 0 Å². The first-order valence-corrected chi connectivity index (χ1v) is 11.1. The van der Waals surface area contributed by atoms with Gasteiger partial charge in [0.1, 0.15) is 11.6 Å². The second-order valence-electron chi connectivity index (χ2n) is 5.78. The molecule has 6 nitrogen and oxygen atoms in total. The lowest BCUT2D eigenvalue weighted by Crippen LogP contribution is -2.26. The first kappa shape index (κ1) is 20.5. The number of rotatable bonds is 8. The van der Waals surface area contributed by atoms with Gasteiger partial charge in [0.05, 0.1) is 17.0 Å². The van der Waals surface area contributed by atoms with Gasteiger partial charge in [-0.3, -0.25) is 4.79 Å². The fourth-order valence-electron chi connectivity index (χ4n) is 2.32. The molecule has 0 atom stereocenters. The fourth-order valence-corrected chi connectivity index (χ4v) is 4.46. The Labute approximate surface area is 172 Å². The lowest BCUT2D eigenvalue weighted by atomic mass is 10.2. The van der Waals surface area contributed by atoms with Gasteiger partial charge in [-0.1, -0.05) is 48.0 Å². The molecule has 0 radical (unpaired) electrons. The number of benzene rings is 2. The van der Waals surface area contributed by atoms with E-state index < -0.39 is 16.0 Å². The van der Waals surface area contributed by atoms with Gasteiger partial charge in [0.2, 0.25) is 10.0 Å². The van der Waals surface area contributed by atoms with Crippen molar-refractivity contribution < 1.29 is 17.9 Å². The zero-order chi connectivity index (χ0) is 20.0. The molecule has 9 heteroatoms. The van der Waals surface area contributed by atoms with Gasteiger partial charge < -0.3 is 4.74 Å². The van der Waals surface area contributed by atoms with Crippen LogP contribution in [-0.4, -0.2) is 25.9 Å². The summed E-state index contributed by atoms with van der Waals surface area (Å²) in [7, 11) is -3.73. The molecule has 1 heterocycles. The van der Waals surface area contributed by atoms with Crippen molar-refractivity contribution in [3.8, 4) is 10.6 Å². The SMILES string of the molecule is O=C(CCNS(=O)(=O)c1cccc(Cl)c1)OCc1csc(-c2ccccc2)n1. The standard InChI is InChI=1S/C19H17ClN2O4S2/c20-15-7-4-8-17(11-15)28(24,25)21-10-9-18(23)26-12-16-13-27-19(22-16)14-5-2-1-3-6-14/h1-8,11,13,21H,9-10,12H2. The van der Waals surface area contributed by atoms with E-state index in [2.05, 4.69) is 9.71 Å². The first-order valence-electron chi connectivity index (χ1n) is 8.35. The summed E-state index contributed by atoms with van der Waals surface area (Å²) in [5.41, 5.74) is 1.65. The van der Waals surface area contributed by atoms with E-state index in [1.807, 2.05) is 35.7 Å². The maximum absolute atomic E-state index is 12.2. The molecule has 0 aliphatic carbocycles. The zero-order valence-electron chi connectivity index (χ0n) is 14.7. The van der Waals surface area contributed by atoms with Gasteiger partial charge in [-0.2, -0.15) is 0 Å². The van der Waals surface area contributed by atoms with E-state index in [4.69, 9.17) is 16.3 Å². The third-order valence-corrected chi connectivity index (χ3v) is 6.32. The second kappa shape index (κ2) is 9.29. The van der Waals surface area contributed by atoms with E-state index in [1.165, 1.54) is 23.5 Å². The second-order valence-corrected chi connectivity index (χ2v) is 8.84. The van der Waals surface area contributed by atoms with E-state index in [0.29, 0.717) is 10.7 Å². The molecule has 3 aromatic rings. The molecule has 2 aromatic carbocycles. The van der Waals surface area contributed by atoms with Crippen molar-refractivity contribution in [3.63, 3.8) is 0 Å². The van der Waals surface area contributed by atoms with Crippen LogP contribution < -0.4 is 4.72 Å². The van der Waals surface area contributed by atoms with Crippen LogP contribution in [0.25, 0.3) is 10.6 Å². The van der Waals surface area contributed by atoms with Crippen LogP contribution in [0.2, 0.25) is 5.02 Å². The number of esters is 1. The summed E-state index contributed by atoms with van der Waals surface area (Å²) < 4.78 is 31.8. The summed E-state index contributed by atoms with van der Waals surface area (Å²) >= 11 is 7.27. The maximum atomic E-state index is 12.2. The Hall–Kier alpha value is -2.26. The van der Waals surface area contributed by atoms with Gasteiger partial charge in [-0.05, 0) is 18.2 Å². The van der Waals surface area contributed by atoms with Crippen LogP contribution >= 0.6 is 22.9 Å².